The minimum atomic E-state index is 0.0136. The molecule has 1 saturated heterocycles. The molecule has 1 N–H and O–H groups in total. The molecule has 1 amide bonds. The van der Waals surface area contributed by atoms with Crippen molar-refractivity contribution in [3.05, 3.63) is 53.6 Å². The number of likely N-dealkylation sites (tertiary alicyclic amines) is 1. The maximum atomic E-state index is 13.0. The Morgan fingerprint density at radius 1 is 0.949 bits per heavy atom. The van der Waals surface area contributed by atoms with E-state index >= 15 is 0 Å². The first-order chi connectivity index (χ1) is 18.9. The van der Waals surface area contributed by atoms with E-state index in [0.29, 0.717) is 43.7 Å². The molecule has 2 unspecified atom stereocenters. The minimum Gasteiger partial charge on any atom is -0.497 e. The number of nitrogens with zero attached hydrogens (tertiary/aromatic N) is 1. The number of unbranched alkanes of at least 4 members (excludes halogenated alkanes) is 2. The van der Waals surface area contributed by atoms with Crippen LogP contribution >= 0.6 is 0 Å². The monoisotopic (exact) mass is 536 g/mol. The van der Waals surface area contributed by atoms with Gasteiger partial charge in [-0.1, -0.05) is 18.9 Å². The first kappa shape index (κ1) is 28.9. The van der Waals surface area contributed by atoms with Gasteiger partial charge in [-0.3, -0.25) is 14.5 Å². The van der Waals surface area contributed by atoms with E-state index in [1.54, 1.807) is 19.2 Å². The van der Waals surface area contributed by atoms with E-state index in [1.165, 1.54) is 19.3 Å². The van der Waals surface area contributed by atoms with Crippen LogP contribution in [0.5, 0.6) is 17.2 Å². The SMILES string of the molecule is COc1ccc(C(=O)CCCCCC(=O)N[C@@H](Cc2ccc3c(c2)OCCO3)CN2C(C)CCCC2C)cc1. The van der Waals surface area contributed by atoms with Gasteiger partial charge in [-0.15, -0.1) is 0 Å². The second-order valence-corrected chi connectivity index (χ2v) is 11.0. The predicted octanol–water partition coefficient (Wildman–Crippen LogP) is 5.59. The Bertz CT molecular complexity index is 1080. The summed E-state index contributed by atoms with van der Waals surface area (Å²) < 4.78 is 16.6. The van der Waals surface area contributed by atoms with E-state index in [1.807, 2.05) is 18.2 Å². The fourth-order valence-electron chi connectivity index (χ4n) is 5.72. The molecule has 3 atom stereocenters. The molecule has 4 rings (SSSR count). The maximum Gasteiger partial charge on any atom is 0.220 e. The van der Waals surface area contributed by atoms with Gasteiger partial charge in [-0.25, -0.2) is 0 Å². The smallest absolute Gasteiger partial charge is 0.220 e. The average molecular weight is 537 g/mol. The molecule has 0 spiro atoms. The third-order valence-corrected chi connectivity index (χ3v) is 7.98. The van der Waals surface area contributed by atoms with Crippen LogP contribution in [0.25, 0.3) is 0 Å². The molecule has 39 heavy (non-hydrogen) atoms. The average Bonchev–Trinajstić information content (AvgIpc) is 2.94. The number of rotatable bonds is 13. The standard InChI is InChI=1S/C32H44N2O5/c1-23-8-7-9-24(2)34(23)22-27(20-25-12-17-30-31(21-25)39-19-18-38-30)33-32(36)11-6-4-5-10-29(35)26-13-15-28(37-3)16-14-26/h12-17,21,23-24,27H,4-11,18-20,22H2,1-3H3,(H,33,36)/t23?,24?,27-/m0/s1. The van der Waals surface area contributed by atoms with Gasteiger partial charge in [0, 0.05) is 43.1 Å². The van der Waals surface area contributed by atoms with Crippen LogP contribution in [0.2, 0.25) is 0 Å². The van der Waals surface area contributed by atoms with Crippen molar-refractivity contribution < 1.29 is 23.8 Å². The summed E-state index contributed by atoms with van der Waals surface area (Å²) in [6, 6.07) is 14.4. The molecule has 7 nitrogen and oxygen atoms in total. The molecule has 2 heterocycles. The van der Waals surface area contributed by atoms with Crippen LogP contribution in [0.15, 0.2) is 42.5 Å². The third-order valence-electron chi connectivity index (χ3n) is 7.98. The number of methoxy groups -OCH3 is 1. The fourth-order valence-corrected chi connectivity index (χ4v) is 5.72. The number of benzene rings is 2. The highest BCUT2D eigenvalue weighted by molar-refractivity contribution is 5.96. The summed E-state index contributed by atoms with van der Waals surface area (Å²) in [5.74, 6) is 2.53. The third kappa shape index (κ3) is 8.46. The number of fused-ring (bicyclic) bond motifs is 1. The van der Waals surface area contributed by atoms with Gasteiger partial charge in [0.15, 0.2) is 17.3 Å². The second kappa shape index (κ2) is 14.4. The lowest BCUT2D eigenvalue weighted by molar-refractivity contribution is -0.122. The molecule has 2 aromatic carbocycles. The highest BCUT2D eigenvalue weighted by Gasteiger charge is 2.28. The molecule has 1 fully saturated rings. The number of carbonyl (C=O) groups is 2. The molecule has 2 aromatic rings. The molecule has 7 heteroatoms. The molecule has 2 aliphatic rings. The Morgan fingerprint density at radius 3 is 2.36 bits per heavy atom. The Morgan fingerprint density at radius 2 is 1.64 bits per heavy atom. The van der Waals surface area contributed by atoms with Gasteiger partial charge in [-0.05, 0) is 87.9 Å². The zero-order valence-corrected chi connectivity index (χ0v) is 23.7. The van der Waals surface area contributed by atoms with E-state index in [-0.39, 0.29) is 17.7 Å². The molecule has 0 aliphatic carbocycles. The van der Waals surface area contributed by atoms with Crippen LogP contribution in [-0.4, -0.2) is 61.6 Å². The van der Waals surface area contributed by atoms with Gasteiger partial charge >= 0.3 is 0 Å². The largest absolute Gasteiger partial charge is 0.497 e. The molecular formula is C32H44N2O5. The van der Waals surface area contributed by atoms with Crippen LogP contribution in [-0.2, 0) is 11.2 Å². The molecule has 0 radical (unpaired) electrons. The fraction of sp³-hybridized carbons (Fsp3) is 0.562. The van der Waals surface area contributed by atoms with Crippen LogP contribution in [0, 0.1) is 0 Å². The number of ether oxygens (including phenoxy) is 3. The predicted molar refractivity (Wildman–Crippen MR) is 153 cm³/mol. The molecule has 0 saturated carbocycles. The number of hydrogen-bond acceptors (Lipinski definition) is 6. The zero-order chi connectivity index (χ0) is 27.6. The van der Waals surface area contributed by atoms with Gasteiger partial charge in [0.25, 0.3) is 0 Å². The molecule has 0 aromatic heterocycles. The van der Waals surface area contributed by atoms with Crippen molar-refractivity contribution in [1.29, 1.82) is 0 Å². The maximum absolute atomic E-state index is 13.0. The quantitative estimate of drug-likeness (QED) is 0.266. The highest BCUT2D eigenvalue weighted by Crippen LogP contribution is 2.31. The van der Waals surface area contributed by atoms with Crippen LogP contribution < -0.4 is 19.5 Å². The lowest BCUT2D eigenvalue weighted by Gasteiger charge is -2.41. The summed E-state index contributed by atoms with van der Waals surface area (Å²) in [6.45, 7) is 6.56. The number of piperidine rings is 1. The molecule has 212 valence electrons. The zero-order valence-electron chi connectivity index (χ0n) is 23.7. The lowest BCUT2D eigenvalue weighted by Crippen LogP contribution is -2.52. The summed E-state index contributed by atoms with van der Waals surface area (Å²) in [5, 5.41) is 3.34. The van der Waals surface area contributed by atoms with Crippen molar-refractivity contribution in [2.45, 2.75) is 89.8 Å². The number of hydrogen-bond donors (Lipinski definition) is 1. The molecule has 2 aliphatic heterocycles. The highest BCUT2D eigenvalue weighted by atomic mass is 16.6. The summed E-state index contributed by atoms with van der Waals surface area (Å²) in [6.07, 6.45) is 7.77. The van der Waals surface area contributed by atoms with Gasteiger partial charge in [0.2, 0.25) is 5.91 Å². The summed E-state index contributed by atoms with van der Waals surface area (Å²) in [4.78, 5) is 28.0. The topological polar surface area (TPSA) is 77.1 Å². The van der Waals surface area contributed by atoms with Crippen molar-refractivity contribution >= 4 is 11.7 Å². The number of amides is 1. The van der Waals surface area contributed by atoms with Crippen LogP contribution in [0.1, 0.15) is 81.1 Å². The number of Topliss-reactive ketones (excluding diaryl/α,β-unsaturated/α-hetero) is 1. The molecular weight excluding hydrogens is 492 g/mol. The van der Waals surface area contributed by atoms with E-state index < -0.39 is 0 Å². The normalized spacial score (nSPS) is 19.8. The molecule has 0 bridgehead atoms. The first-order valence-corrected chi connectivity index (χ1v) is 14.5. The van der Waals surface area contributed by atoms with E-state index in [0.717, 1.165) is 55.0 Å². The van der Waals surface area contributed by atoms with Crippen molar-refractivity contribution in [3.8, 4) is 17.2 Å². The van der Waals surface area contributed by atoms with Gasteiger partial charge in [0.1, 0.15) is 19.0 Å². The van der Waals surface area contributed by atoms with Crippen molar-refractivity contribution in [2.75, 3.05) is 26.9 Å². The van der Waals surface area contributed by atoms with E-state index in [4.69, 9.17) is 14.2 Å². The number of carbonyl (C=O) groups excluding carboxylic acids is 2. The summed E-state index contributed by atoms with van der Waals surface area (Å²) in [7, 11) is 1.61. The van der Waals surface area contributed by atoms with Crippen molar-refractivity contribution in [3.63, 3.8) is 0 Å². The van der Waals surface area contributed by atoms with Crippen LogP contribution in [0.3, 0.4) is 0 Å². The summed E-state index contributed by atoms with van der Waals surface area (Å²) >= 11 is 0. The first-order valence-electron chi connectivity index (χ1n) is 14.5. The van der Waals surface area contributed by atoms with Crippen molar-refractivity contribution in [2.24, 2.45) is 0 Å². The van der Waals surface area contributed by atoms with Crippen LogP contribution in [0.4, 0.5) is 0 Å². The van der Waals surface area contributed by atoms with Gasteiger partial charge in [-0.2, -0.15) is 0 Å². The number of ketones is 1. The van der Waals surface area contributed by atoms with Gasteiger partial charge < -0.3 is 19.5 Å². The lowest BCUT2D eigenvalue weighted by atomic mass is 9.95. The van der Waals surface area contributed by atoms with E-state index in [2.05, 4.69) is 36.2 Å². The second-order valence-electron chi connectivity index (χ2n) is 11.0. The Balaban J connectivity index is 1.28. The van der Waals surface area contributed by atoms with E-state index in [9.17, 15) is 9.59 Å². The Kier molecular flexibility index (Phi) is 10.7. The minimum absolute atomic E-state index is 0.0136. The van der Waals surface area contributed by atoms with Crippen molar-refractivity contribution in [1.82, 2.24) is 10.2 Å². The summed E-state index contributed by atoms with van der Waals surface area (Å²) in [5.41, 5.74) is 1.84. The Hall–Kier alpha value is -3.06. The number of nitrogens with one attached hydrogen (secondary N) is 1. The Labute approximate surface area is 233 Å². The van der Waals surface area contributed by atoms with Gasteiger partial charge in [0.05, 0.1) is 7.11 Å².